The lowest BCUT2D eigenvalue weighted by Gasteiger charge is -2.04. The number of H-pyrrole nitrogens is 1. The molecular formula is C15H9ClN4O5S. The number of aromatic amines is 1. The SMILES string of the molecule is O=c1[nH]c(SCc2cc([N+](=O)[O-])cc([N+](=O)[O-])c2)nc2cccc(Cl)c12. The predicted molar refractivity (Wildman–Crippen MR) is 96.7 cm³/mol. The Labute approximate surface area is 154 Å². The van der Waals surface area contributed by atoms with Gasteiger partial charge in [0, 0.05) is 17.9 Å². The number of aromatic nitrogens is 2. The number of nitro groups is 2. The highest BCUT2D eigenvalue weighted by Gasteiger charge is 2.17. The van der Waals surface area contributed by atoms with Gasteiger partial charge >= 0.3 is 0 Å². The number of halogens is 1. The van der Waals surface area contributed by atoms with E-state index in [2.05, 4.69) is 9.97 Å². The molecule has 11 heteroatoms. The van der Waals surface area contributed by atoms with E-state index in [1.54, 1.807) is 18.2 Å². The van der Waals surface area contributed by atoms with Gasteiger partial charge in [-0.3, -0.25) is 25.0 Å². The number of hydrogen-bond donors (Lipinski definition) is 1. The first-order valence-electron chi connectivity index (χ1n) is 7.09. The number of fused-ring (bicyclic) bond motifs is 1. The van der Waals surface area contributed by atoms with Crippen molar-refractivity contribution in [1.82, 2.24) is 9.97 Å². The van der Waals surface area contributed by atoms with Gasteiger partial charge in [-0.25, -0.2) is 4.98 Å². The van der Waals surface area contributed by atoms with Gasteiger partial charge < -0.3 is 4.98 Å². The molecule has 0 saturated carbocycles. The smallest absolute Gasteiger partial charge is 0.276 e. The third kappa shape index (κ3) is 3.65. The molecule has 0 unspecified atom stereocenters. The topological polar surface area (TPSA) is 132 Å². The van der Waals surface area contributed by atoms with Crippen molar-refractivity contribution in [3.05, 3.63) is 77.6 Å². The zero-order valence-electron chi connectivity index (χ0n) is 12.8. The highest BCUT2D eigenvalue weighted by molar-refractivity contribution is 7.98. The zero-order chi connectivity index (χ0) is 18.8. The molecule has 0 fully saturated rings. The molecule has 26 heavy (non-hydrogen) atoms. The summed E-state index contributed by atoms with van der Waals surface area (Å²) in [6.45, 7) is 0. The van der Waals surface area contributed by atoms with Gasteiger partial charge in [0.15, 0.2) is 5.16 Å². The Morgan fingerprint density at radius 3 is 2.38 bits per heavy atom. The van der Waals surface area contributed by atoms with Gasteiger partial charge in [-0.05, 0) is 17.7 Å². The minimum Gasteiger partial charge on any atom is -0.301 e. The Morgan fingerprint density at radius 1 is 1.12 bits per heavy atom. The van der Waals surface area contributed by atoms with Crippen molar-refractivity contribution in [1.29, 1.82) is 0 Å². The lowest BCUT2D eigenvalue weighted by molar-refractivity contribution is -0.394. The Morgan fingerprint density at radius 2 is 1.77 bits per heavy atom. The van der Waals surface area contributed by atoms with Crippen LogP contribution in [0, 0.1) is 20.2 Å². The molecule has 9 nitrogen and oxygen atoms in total. The fraction of sp³-hybridized carbons (Fsp3) is 0.0667. The molecule has 0 aliphatic heterocycles. The Hall–Kier alpha value is -2.98. The molecular weight excluding hydrogens is 384 g/mol. The lowest BCUT2D eigenvalue weighted by Crippen LogP contribution is -2.09. The second-order valence-corrected chi connectivity index (χ2v) is 6.54. The van der Waals surface area contributed by atoms with Crippen LogP contribution in [0.2, 0.25) is 5.02 Å². The standard InChI is InChI=1S/C15H9ClN4O5S/c16-11-2-1-3-12-13(11)14(21)18-15(17-12)26-7-8-4-9(19(22)23)6-10(5-8)20(24)25/h1-6H,7H2,(H,17,18,21). The largest absolute Gasteiger partial charge is 0.301 e. The average molecular weight is 393 g/mol. The summed E-state index contributed by atoms with van der Waals surface area (Å²) in [5.74, 6) is 0.150. The molecule has 0 aliphatic carbocycles. The van der Waals surface area contributed by atoms with Gasteiger partial charge in [-0.15, -0.1) is 0 Å². The van der Waals surface area contributed by atoms with Crippen molar-refractivity contribution in [2.75, 3.05) is 0 Å². The van der Waals surface area contributed by atoms with Gasteiger partial charge in [0.2, 0.25) is 0 Å². The number of nitrogens with zero attached hydrogens (tertiary/aromatic N) is 3. The van der Waals surface area contributed by atoms with E-state index in [0.717, 1.165) is 17.8 Å². The maximum Gasteiger partial charge on any atom is 0.276 e. The second kappa shape index (κ2) is 7.10. The van der Waals surface area contributed by atoms with Crippen molar-refractivity contribution in [2.45, 2.75) is 10.9 Å². The summed E-state index contributed by atoms with van der Waals surface area (Å²) in [5, 5.41) is 22.7. The Bertz CT molecular complexity index is 1070. The predicted octanol–water partition coefficient (Wildman–Crippen LogP) is 3.69. The molecule has 3 rings (SSSR count). The van der Waals surface area contributed by atoms with Gasteiger partial charge in [-0.1, -0.05) is 29.4 Å². The fourth-order valence-corrected chi connectivity index (χ4v) is 3.35. The third-order valence-electron chi connectivity index (χ3n) is 3.42. The molecule has 3 aromatic rings. The number of rotatable bonds is 5. The van der Waals surface area contributed by atoms with Gasteiger partial charge in [0.1, 0.15) is 0 Å². The van der Waals surface area contributed by atoms with Crippen LogP contribution in [0.3, 0.4) is 0 Å². The summed E-state index contributed by atoms with van der Waals surface area (Å²) in [5.41, 5.74) is -0.380. The van der Waals surface area contributed by atoms with E-state index in [0.29, 0.717) is 11.1 Å². The first kappa shape index (κ1) is 17.8. The number of thioether (sulfide) groups is 1. The van der Waals surface area contributed by atoms with E-state index < -0.39 is 15.4 Å². The lowest BCUT2D eigenvalue weighted by atomic mass is 10.2. The van der Waals surface area contributed by atoms with Crippen molar-refractivity contribution in [3.63, 3.8) is 0 Å². The molecule has 0 aliphatic rings. The molecule has 1 heterocycles. The Kier molecular flexibility index (Phi) is 4.87. The summed E-state index contributed by atoms with van der Waals surface area (Å²) in [4.78, 5) is 39.5. The van der Waals surface area contributed by atoms with Gasteiger partial charge in [0.25, 0.3) is 16.9 Å². The normalized spacial score (nSPS) is 10.8. The van der Waals surface area contributed by atoms with Crippen molar-refractivity contribution in [2.24, 2.45) is 0 Å². The zero-order valence-corrected chi connectivity index (χ0v) is 14.4. The number of nitro benzene ring substituents is 2. The van der Waals surface area contributed by atoms with Crippen LogP contribution in [-0.4, -0.2) is 19.8 Å². The first-order chi connectivity index (χ1) is 12.3. The quantitative estimate of drug-likeness (QED) is 0.303. The van der Waals surface area contributed by atoms with E-state index in [1.165, 1.54) is 12.1 Å². The third-order valence-corrected chi connectivity index (χ3v) is 4.68. The molecule has 0 amide bonds. The summed E-state index contributed by atoms with van der Waals surface area (Å²) < 4.78 is 0. The van der Waals surface area contributed by atoms with Crippen LogP contribution in [0.5, 0.6) is 0 Å². The van der Waals surface area contributed by atoms with E-state index in [-0.39, 0.29) is 32.7 Å². The van der Waals surface area contributed by atoms with Crippen LogP contribution in [0.1, 0.15) is 5.56 Å². The molecule has 132 valence electrons. The average Bonchev–Trinajstić information content (AvgIpc) is 2.59. The highest BCUT2D eigenvalue weighted by Crippen LogP contribution is 2.27. The molecule has 2 aromatic carbocycles. The van der Waals surface area contributed by atoms with Crippen molar-refractivity contribution < 1.29 is 9.85 Å². The minimum absolute atomic E-state index is 0.150. The maximum absolute atomic E-state index is 12.1. The van der Waals surface area contributed by atoms with Crippen LogP contribution >= 0.6 is 23.4 Å². The summed E-state index contributed by atoms with van der Waals surface area (Å²) in [7, 11) is 0. The van der Waals surface area contributed by atoms with Gasteiger partial charge in [-0.2, -0.15) is 0 Å². The van der Waals surface area contributed by atoms with Crippen LogP contribution in [0.25, 0.3) is 10.9 Å². The van der Waals surface area contributed by atoms with Crippen molar-refractivity contribution >= 4 is 45.6 Å². The first-order valence-corrected chi connectivity index (χ1v) is 8.45. The molecule has 0 atom stereocenters. The number of nitrogens with one attached hydrogen (secondary N) is 1. The molecule has 0 bridgehead atoms. The summed E-state index contributed by atoms with van der Waals surface area (Å²) in [6, 6.07) is 8.27. The van der Waals surface area contributed by atoms with Crippen molar-refractivity contribution in [3.8, 4) is 0 Å². The monoisotopic (exact) mass is 392 g/mol. The van der Waals surface area contributed by atoms with E-state index in [1.807, 2.05) is 0 Å². The number of non-ortho nitro benzene ring substituents is 2. The van der Waals surface area contributed by atoms with Crippen LogP contribution in [-0.2, 0) is 5.75 Å². The van der Waals surface area contributed by atoms with Crippen LogP contribution in [0.4, 0.5) is 11.4 Å². The highest BCUT2D eigenvalue weighted by atomic mass is 35.5. The maximum atomic E-state index is 12.1. The van der Waals surface area contributed by atoms with Crippen LogP contribution < -0.4 is 5.56 Å². The van der Waals surface area contributed by atoms with Gasteiger partial charge in [0.05, 0.1) is 31.8 Å². The van der Waals surface area contributed by atoms with E-state index in [9.17, 15) is 25.0 Å². The number of benzene rings is 2. The molecule has 0 radical (unpaired) electrons. The minimum atomic E-state index is -0.695. The fourth-order valence-electron chi connectivity index (χ4n) is 2.30. The summed E-state index contributed by atoms with van der Waals surface area (Å²) >= 11 is 7.08. The molecule has 0 spiro atoms. The molecule has 0 saturated heterocycles. The van der Waals surface area contributed by atoms with E-state index >= 15 is 0 Å². The summed E-state index contributed by atoms with van der Waals surface area (Å²) in [6.07, 6.45) is 0. The van der Waals surface area contributed by atoms with Crippen LogP contribution in [0.15, 0.2) is 46.3 Å². The second-order valence-electron chi connectivity index (χ2n) is 5.17. The number of hydrogen-bond acceptors (Lipinski definition) is 7. The molecule has 1 N–H and O–H groups in total. The molecule has 1 aromatic heterocycles. The van der Waals surface area contributed by atoms with E-state index in [4.69, 9.17) is 11.6 Å². The Balaban J connectivity index is 1.92.